The molecule has 1 aromatic rings. The van der Waals surface area contributed by atoms with Crippen molar-refractivity contribution in [3.8, 4) is 0 Å². The summed E-state index contributed by atoms with van der Waals surface area (Å²) in [7, 11) is 0. The topological polar surface area (TPSA) is 100 Å². The molecule has 1 aliphatic carbocycles. The Morgan fingerprint density at radius 3 is 2.56 bits per heavy atom. The predicted molar refractivity (Wildman–Crippen MR) is 121 cm³/mol. The lowest BCUT2D eigenvalue weighted by Crippen LogP contribution is -2.45. The van der Waals surface area contributed by atoms with Gasteiger partial charge in [0.05, 0.1) is 13.2 Å². The number of nitrogens with zero attached hydrogens (tertiary/aromatic N) is 1. The number of nitrogens with one attached hydrogen (secondary N) is 2. The van der Waals surface area contributed by atoms with E-state index in [0.29, 0.717) is 19.1 Å². The molecule has 0 unspecified atom stereocenters. The van der Waals surface area contributed by atoms with E-state index in [9.17, 15) is 9.59 Å². The zero-order chi connectivity index (χ0) is 22.6. The third-order valence-electron chi connectivity index (χ3n) is 6.17. The molecule has 2 fully saturated rings. The van der Waals surface area contributed by atoms with E-state index >= 15 is 0 Å². The van der Waals surface area contributed by atoms with Crippen molar-refractivity contribution >= 4 is 18.0 Å². The number of ether oxygens (including phenoxy) is 2. The quantitative estimate of drug-likeness (QED) is 0.220. The molecule has 0 spiro atoms. The molecule has 1 heterocycles. The highest BCUT2D eigenvalue weighted by Gasteiger charge is 2.30. The van der Waals surface area contributed by atoms with E-state index in [2.05, 4.69) is 10.2 Å². The van der Waals surface area contributed by atoms with Gasteiger partial charge in [-0.25, -0.2) is 5.48 Å². The number of esters is 1. The fraction of sp³-hybridized carbons (Fsp3) is 0.583. The summed E-state index contributed by atoms with van der Waals surface area (Å²) in [6.07, 6.45) is 8.54. The van der Waals surface area contributed by atoms with E-state index in [1.54, 1.807) is 11.6 Å². The zero-order valence-electron chi connectivity index (χ0n) is 18.6. The third kappa shape index (κ3) is 8.02. The molecular formula is C24H35N3O5. The van der Waals surface area contributed by atoms with Crippen LogP contribution in [0.2, 0.25) is 0 Å². The molecule has 1 saturated heterocycles. The summed E-state index contributed by atoms with van der Waals surface area (Å²) in [5.74, 6) is -0.420. The molecule has 1 atom stereocenters. The minimum absolute atomic E-state index is 0.153. The Balaban J connectivity index is 1.52. The van der Waals surface area contributed by atoms with Crippen LogP contribution in [0.25, 0.3) is 6.08 Å². The second-order valence-electron chi connectivity index (χ2n) is 8.43. The lowest BCUT2D eigenvalue weighted by Gasteiger charge is -2.30. The van der Waals surface area contributed by atoms with E-state index in [4.69, 9.17) is 14.7 Å². The van der Waals surface area contributed by atoms with Gasteiger partial charge in [0.15, 0.2) is 0 Å². The largest absolute Gasteiger partial charge is 0.463 e. The van der Waals surface area contributed by atoms with Gasteiger partial charge in [0.2, 0.25) is 0 Å². The smallest absolute Gasteiger partial charge is 0.323 e. The Labute approximate surface area is 189 Å². The first-order valence-electron chi connectivity index (χ1n) is 11.6. The summed E-state index contributed by atoms with van der Waals surface area (Å²) in [6, 6.07) is 7.42. The molecule has 8 heteroatoms. The van der Waals surface area contributed by atoms with Crippen LogP contribution in [0.1, 0.15) is 43.2 Å². The summed E-state index contributed by atoms with van der Waals surface area (Å²) in [5, 5.41) is 12.0. The standard InChI is InChI=1S/C24H35N3O5/c28-22(26-30)11-10-19-6-8-20(9-7-19)18-25-23(21-4-2-1-3-5-21)24(29)32-17-14-27-12-15-31-16-13-27/h6-11,21,23,25,30H,1-5,12-18H2,(H,26,28)/b11-10+/t23-/m0/s1. The number of carbonyl (C=O) groups is 2. The molecule has 1 aromatic carbocycles. The zero-order valence-corrected chi connectivity index (χ0v) is 18.6. The van der Waals surface area contributed by atoms with Gasteiger partial charge in [0, 0.05) is 32.3 Å². The van der Waals surface area contributed by atoms with Crippen molar-refractivity contribution < 1.29 is 24.3 Å². The van der Waals surface area contributed by atoms with Gasteiger partial charge in [0.25, 0.3) is 5.91 Å². The van der Waals surface area contributed by atoms with Crippen LogP contribution in [0.3, 0.4) is 0 Å². The number of amides is 1. The molecule has 1 amide bonds. The molecule has 3 N–H and O–H groups in total. The molecule has 0 bridgehead atoms. The van der Waals surface area contributed by atoms with Crippen LogP contribution in [0.5, 0.6) is 0 Å². The Bertz CT molecular complexity index is 741. The molecule has 2 aliphatic rings. The molecule has 8 nitrogen and oxygen atoms in total. The van der Waals surface area contributed by atoms with E-state index in [0.717, 1.165) is 69.7 Å². The van der Waals surface area contributed by atoms with Gasteiger partial charge in [-0.3, -0.25) is 19.7 Å². The second-order valence-corrected chi connectivity index (χ2v) is 8.43. The third-order valence-corrected chi connectivity index (χ3v) is 6.17. The van der Waals surface area contributed by atoms with E-state index < -0.39 is 5.91 Å². The SMILES string of the molecule is O=C(/C=C/c1ccc(CN[C@H](C(=O)OCCN2CCOCC2)C2CCCCC2)cc1)NO. The maximum absolute atomic E-state index is 12.9. The summed E-state index contributed by atoms with van der Waals surface area (Å²) in [6.45, 7) is 4.98. The van der Waals surface area contributed by atoms with Gasteiger partial charge in [-0.15, -0.1) is 0 Å². The van der Waals surface area contributed by atoms with Gasteiger partial charge >= 0.3 is 5.97 Å². The molecule has 0 radical (unpaired) electrons. The first-order chi connectivity index (χ1) is 15.7. The van der Waals surface area contributed by atoms with Crippen molar-refractivity contribution in [2.24, 2.45) is 5.92 Å². The van der Waals surface area contributed by atoms with Crippen molar-refractivity contribution in [1.29, 1.82) is 0 Å². The minimum atomic E-state index is -0.571. The van der Waals surface area contributed by atoms with Crippen LogP contribution in [0, 0.1) is 5.92 Å². The predicted octanol–water partition coefficient (Wildman–Crippen LogP) is 2.12. The van der Waals surface area contributed by atoms with Crippen LogP contribution in [-0.4, -0.2) is 67.5 Å². The fourth-order valence-corrected chi connectivity index (χ4v) is 4.28. The highest BCUT2D eigenvalue weighted by Crippen LogP contribution is 2.27. The van der Waals surface area contributed by atoms with Crippen LogP contribution >= 0.6 is 0 Å². The van der Waals surface area contributed by atoms with Gasteiger partial charge in [-0.2, -0.15) is 0 Å². The van der Waals surface area contributed by atoms with Gasteiger partial charge < -0.3 is 14.8 Å². The molecule has 176 valence electrons. The number of hydroxylamine groups is 1. The van der Waals surface area contributed by atoms with E-state index in [1.807, 2.05) is 24.3 Å². The Kier molecular flexibility index (Phi) is 10.2. The summed E-state index contributed by atoms with van der Waals surface area (Å²) in [5.41, 5.74) is 3.47. The second kappa shape index (κ2) is 13.3. The van der Waals surface area contributed by atoms with Crippen molar-refractivity contribution in [2.75, 3.05) is 39.5 Å². The van der Waals surface area contributed by atoms with Gasteiger partial charge in [0.1, 0.15) is 12.6 Å². The average molecular weight is 446 g/mol. The van der Waals surface area contributed by atoms with Gasteiger partial charge in [-0.1, -0.05) is 43.5 Å². The number of hydrogen-bond donors (Lipinski definition) is 3. The lowest BCUT2D eigenvalue weighted by atomic mass is 9.84. The monoisotopic (exact) mass is 445 g/mol. The van der Waals surface area contributed by atoms with Crippen molar-refractivity contribution in [1.82, 2.24) is 15.7 Å². The molecule has 32 heavy (non-hydrogen) atoms. The molecule has 1 saturated carbocycles. The maximum Gasteiger partial charge on any atom is 0.323 e. The van der Waals surface area contributed by atoms with Crippen molar-refractivity contribution in [3.63, 3.8) is 0 Å². The number of hydrogen-bond acceptors (Lipinski definition) is 7. The van der Waals surface area contributed by atoms with Gasteiger partial charge in [-0.05, 0) is 36.0 Å². The highest BCUT2D eigenvalue weighted by atomic mass is 16.5. The molecular weight excluding hydrogens is 410 g/mol. The maximum atomic E-state index is 12.9. The highest BCUT2D eigenvalue weighted by molar-refractivity contribution is 5.90. The Morgan fingerprint density at radius 2 is 1.88 bits per heavy atom. The number of benzene rings is 1. The van der Waals surface area contributed by atoms with E-state index in [-0.39, 0.29) is 12.0 Å². The number of rotatable bonds is 10. The number of carbonyl (C=O) groups excluding carboxylic acids is 2. The number of morpholine rings is 1. The Morgan fingerprint density at radius 1 is 1.16 bits per heavy atom. The van der Waals surface area contributed by atoms with Crippen LogP contribution in [-0.2, 0) is 25.6 Å². The lowest BCUT2D eigenvalue weighted by molar-refractivity contribution is -0.149. The van der Waals surface area contributed by atoms with Crippen LogP contribution < -0.4 is 10.8 Å². The average Bonchev–Trinajstić information content (AvgIpc) is 2.84. The summed E-state index contributed by atoms with van der Waals surface area (Å²) in [4.78, 5) is 26.3. The summed E-state index contributed by atoms with van der Waals surface area (Å²) >= 11 is 0. The van der Waals surface area contributed by atoms with Crippen molar-refractivity contribution in [3.05, 3.63) is 41.5 Å². The van der Waals surface area contributed by atoms with Crippen molar-refractivity contribution in [2.45, 2.75) is 44.7 Å². The first-order valence-corrected chi connectivity index (χ1v) is 11.6. The van der Waals surface area contributed by atoms with Crippen LogP contribution in [0.15, 0.2) is 30.3 Å². The van der Waals surface area contributed by atoms with E-state index in [1.165, 1.54) is 12.5 Å². The summed E-state index contributed by atoms with van der Waals surface area (Å²) < 4.78 is 11.0. The normalized spacial score (nSPS) is 19.0. The minimum Gasteiger partial charge on any atom is -0.463 e. The molecule has 1 aliphatic heterocycles. The molecule has 3 rings (SSSR count). The molecule has 0 aromatic heterocycles. The fourth-order valence-electron chi connectivity index (χ4n) is 4.28. The van der Waals surface area contributed by atoms with Crippen LogP contribution in [0.4, 0.5) is 0 Å². The Hall–Kier alpha value is -2.26. The first kappa shape index (κ1) is 24.4.